The molecule has 2 aliphatic heterocycles. The number of hydrogen-bond acceptors (Lipinski definition) is 6. The van der Waals surface area contributed by atoms with Crippen LogP contribution in [0.15, 0.2) is 46.3 Å². The van der Waals surface area contributed by atoms with Crippen molar-refractivity contribution in [1.29, 1.82) is 0 Å². The minimum absolute atomic E-state index is 0.0493. The number of hydrogen-bond donors (Lipinski definition) is 0. The van der Waals surface area contributed by atoms with Crippen LogP contribution in [0.25, 0.3) is 6.08 Å². The van der Waals surface area contributed by atoms with Crippen LogP contribution < -0.4 is 19.6 Å². The molecule has 3 aromatic rings. The van der Waals surface area contributed by atoms with E-state index in [4.69, 9.17) is 9.73 Å². The molecule has 29 heavy (non-hydrogen) atoms. The second-order valence-electron chi connectivity index (χ2n) is 7.50. The molecule has 0 unspecified atom stereocenters. The quantitative estimate of drug-likeness (QED) is 0.658. The third kappa shape index (κ3) is 2.62. The molecule has 5 rings (SSSR count). The molecule has 4 heterocycles. The largest absolute Gasteiger partial charge is 0.465 e. The Hall–Kier alpha value is -3.00. The van der Waals surface area contributed by atoms with E-state index >= 15 is 0 Å². The topological polar surface area (TPSA) is 78.5 Å². The Bertz CT molecular complexity index is 1320. The summed E-state index contributed by atoms with van der Waals surface area (Å²) in [5.74, 6) is 0.0493. The van der Waals surface area contributed by atoms with Crippen LogP contribution in [0.4, 0.5) is 0 Å². The van der Waals surface area contributed by atoms with Gasteiger partial charge in [0.25, 0.3) is 5.56 Å². The van der Waals surface area contributed by atoms with Gasteiger partial charge in [0.1, 0.15) is 17.5 Å². The van der Waals surface area contributed by atoms with Crippen LogP contribution in [-0.4, -0.2) is 25.9 Å². The number of benzene rings is 1. The van der Waals surface area contributed by atoms with Crippen molar-refractivity contribution in [3.05, 3.63) is 67.5 Å². The summed E-state index contributed by atoms with van der Waals surface area (Å²) in [4.78, 5) is 31.3. The summed E-state index contributed by atoms with van der Waals surface area (Å²) in [6, 6.07) is 9.00. The highest BCUT2D eigenvalue weighted by atomic mass is 32.1. The molecule has 148 valence electrons. The predicted molar refractivity (Wildman–Crippen MR) is 109 cm³/mol. The van der Waals surface area contributed by atoms with Gasteiger partial charge in [-0.15, -0.1) is 0 Å². The molecule has 0 saturated heterocycles. The van der Waals surface area contributed by atoms with Crippen molar-refractivity contribution in [2.24, 2.45) is 10.9 Å². The molecule has 0 amide bonds. The molecule has 0 aliphatic carbocycles. The average molecular weight is 408 g/mol. The molecule has 3 atom stereocenters. The van der Waals surface area contributed by atoms with Gasteiger partial charge < -0.3 is 4.74 Å². The third-order valence-electron chi connectivity index (χ3n) is 5.58. The van der Waals surface area contributed by atoms with Crippen LogP contribution in [0, 0.1) is 5.92 Å². The fourth-order valence-corrected chi connectivity index (χ4v) is 5.40. The van der Waals surface area contributed by atoms with Crippen molar-refractivity contribution in [2.45, 2.75) is 39.1 Å². The van der Waals surface area contributed by atoms with Gasteiger partial charge in [-0.25, -0.2) is 4.99 Å². The Balaban J connectivity index is 1.78. The summed E-state index contributed by atoms with van der Waals surface area (Å²) in [7, 11) is 0. The second-order valence-corrected chi connectivity index (χ2v) is 8.51. The first-order chi connectivity index (χ1) is 13.9. The van der Waals surface area contributed by atoms with E-state index in [1.165, 1.54) is 18.3 Å². The number of ketones is 1. The van der Waals surface area contributed by atoms with Crippen molar-refractivity contribution in [2.75, 3.05) is 0 Å². The Morgan fingerprint density at radius 1 is 1.34 bits per heavy atom. The van der Waals surface area contributed by atoms with Crippen LogP contribution in [0.5, 0.6) is 5.75 Å². The predicted octanol–water partition coefficient (Wildman–Crippen LogP) is 1.49. The van der Waals surface area contributed by atoms with Crippen molar-refractivity contribution >= 4 is 23.2 Å². The van der Waals surface area contributed by atoms with Crippen LogP contribution in [0.2, 0.25) is 0 Å². The molecular formula is C21H20N4O3S. The highest BCUT2D eigenvalue weighted by molar-refractivity contribution is 7.07. The highest BCUT2D eigenvalue weighted by Gasteiger charge is 2.53. The lowest BCUT2D eigenvalue weighted by Crippen LogP contribution is -2.58. The van der Waals surface area contributed by atoms with Crippen molar-refractivity contribution in [3.8, 4) is 5.75 Å². The first-order valence-corrected chi connectivity index (χ1v) is 10.4. The van der Waals surface area contributed by atoms with E-state index < -0.39 is 17.7 Å². The number of aromatic nitrogens is 3. The maximum Gasteiger partial charge on any atom is 0.270 e. The van der Waals surface area contributed by atoms with Crippen LogP contribution >= 0.6 is 11.3 Å². The van der Waals surface area contributed by atoms with Gasteiger partial charge in [-0.05, 0) is 39.0 Å². The first kappa shape index (κ1) is 18.1. The van der Waals surface area contributed by atoms with Crippen molar-refractivity contribution < 1.29 is 9.53 Å². The Labute approximate surface area is 170 Å². The number of thiazole rings is 1. The van der Waals surface area contributed by atoms with Crippen LogP contribution in [-0.2, 0) is 11.3 Å². The Morgan fingerprint density at radius 3 is 2.86 bits per heavy atom. The summed E-state index contributed by atoms with van der Waals surface area (Å²) in [5, 5.41) is 4.44. The van der Waals surface area contributed by atoms with E-state index in [0.717, 1.165) is 17.8 Å². The second kappa shape index (κ2) is 6.25. The van der Waals surface area contributed by atoms with Gasteiger partial charge in [0.15, 0.2) is 4.80 Å². The zero-order chi connectivity index (χ0) is 20.3. The molecule has 2 aromatic heterocycles. The smallest absolute Gasteiger partial charge is 0.270 e. The molecule has 0 spiro atoms. The monoisotopic (exact) mass is 408 g/mol. The zero-order valence-electron chi connectivity index (χ0n) is 16.3. The molecule has 1 aromatic carbocycles. The molecule has 0 fully saturated rings. The number of aryl methyl sites for hydroxylation is 1. The van der Waals surface area contributed by atoms with E-state index in [0.29, 0.717) is 15.1 Å². The molecule has 0 saturated carbocycles. The zero-order valence-corrected chi connectivity index (χ0v) is 17.1. The number of para-hydroxylation sites is 1. The lowest BCUT2D eigenvalue weighted by atomic mass is 9.79. The number of carbonyl (C=O) groups excluding carboxylic acids is 1. The normalized spacial score (nSPS) is 25.0. The maximum absolute atomic E-state index is 13.4. The van der Waals surface area contributed by atoms with Gasteiger partial charge >= 0.3 is 0 Å². The lowest BCUT2D eigenvalue weighted by Gasteiger charge is -2.45. The fraction of sp³-hybridized carbons (Fsp3) is 0.333. The third-order valence-corrected chi connectivity index (χ3v) is 6.56. The average Bonchev–Trinajstić information content (AvgIpc) is 3.25. The number of carbonyl (C=O) groups is 1. The fourth-order valence-electron chi connectivity index (χ4n) is 4.32. The SMILES string of the molecule is CCn1ccc(/C=c2/sc3n(c2=O)[C@H]2c4ccccc4O[C@](C)(N=3)[C@H]2C(C)=O)n1. The number of Topliss-reactive ketones (excluding diaryl/α,β-unsaturated/α-hetero) is 1. The van der Waals surface area contributed by atoms with Gasteiger partial charge in [0.05, 0.1) is 16.3 Å². The lowest BCUT2D eigenvalue weighted by molar-refractivity contribution is -0.132. The molecule has 0 N–H and O–H groups in total. The van der Waals surface area contributed by atoms with Crippen molar-refractivity contribution in [1.82, 2.24) is 14.3 Å². The summed E-state index contributed by atoms with van der Waals surface area (Å²) >= 11 is 1.31. The van der Waals surface area contributed by atoms with Crippen LogP contribution in [0.1, 0.15) is 38.1 Å². The van der Waals surface area contributed by atoms with Gasteiger partial charge in [-0.3, -0.25) is 18.8 Å². The number of ether oxygens (including phenoxy) is 1. The number of rotatable bonds is 3. The first-order valence-electron chi connectivity index (χ1n) is 9.56. The molecule has 8 heteroatoms. The molecular weight excluding hydrogens is 388 g/mol. The van der Waals surface area contributed by atoms with E-state index in [1.54, 1.807) is 10.6 Å². The highest BCUT2D eigenvalue weighted by Crippen LogP contribution is 2.47. The Morgan fingerprint density at radius 2 is 2.14 bits per heavy atom. The van der Waals surface area contributed by atoms with Gasteiger partial charge in [0, 0.05) is 18.3 Å². The summed E-state index contributed by atoms with van der Waals surface area (Å²) in [6.45, 7) is 6.13. The summed E-state index contributed by atoms with van der Waals surface area (Å²) in [6.07, 6.45) is 3.66. The summed E-state index contributed by atoms with van der Waals surface area (Å²) < 4.78 is 10.2. The minimum atomic E-state index is -1.04. The van der Waals surface area contributed by atoms with E-state index in [1.807, 2.05) is 55.1 Å². The molecule has 2 aliphatic rings. The number of nitrogens with zero attached hydrogens (tertiary/aromatic N) is 4. The molecule has 7 nitrogen and oxygen atoms in total. The minimum Gasteiger partial charge on any atom is -0.465 e. The standard InChI is InChI=1S/C21H20N4O3S/c1-4-24-10-9-13(23-24)11-16-19(27)25-18-14-7-5-6-8-15(14)28-21(3,17(18)12(2)26)22-20(25)29-16/h5-11,17-18H,4H2,1-3H3/b16-11+/t17-,18-,21-/m0/s1. The van der Waals surface area contributed by atoms with Gasteiger partial charge in [-0.1, -0.05) is 29.5 Å². The van der Waals surface area contributed by atoms with E-state index in [9.17, 15) is 9.59 Å². The van der Waals surface area contributed by atoms with Gasteiger partial charge in [-0.2, -0.15) is 5.10 Å². The number of fused-ring (bicyclic) bond motifs is 6. The van der Waals surface area contributed by atoms with Gasteiger partial charge in [0.2, 0.25) is 5.72 Å². The molecule has 2 bridgehead atoms. The van der Waals surface area contributed by atoms with E-state index in [-0.39, 0.29) is 11.3 Å². The van der Waals surface area contributed by atoms with Crippen LogP contribution in [0.3, 0.4) is 0 Å². The maximum atomic E-state index is 13.4. The van der Waals surface area contributed by atoms with Crippen molar-refractivity contribution in [3.63, 3.8) is 0 Å². The Kier molecular flexibility index (Phi) is 3.89. The van der Waals surface area contributed by atoms with E-state index in [2.05, 4.69) is 5.10 Å². The molecule has 0 radical (unpaired) electrons. The summed E-state index contributed by atoms with van der Waals surface area (Å²) in [5.41, 5.74) is 0.360.